The molecule has 0 aliphatic rings. The smallest absolute Gasteiger partial charge is 0.0735 e. The molecule has 0 saturated heterocycles. The van der Waals surface area contributed by atoms with E-state index in [0.717, 1.165) is 22.3 Å². The van der Waals surface area contributed by atoms with E-state index in [1.165, 1.54) is 5.56 Å². The van der Waals surface area contributed by atoms with Gasteiger partial charge < -0.3 is 0 Å². The molecular formula is C13H14ClN. The fourth-order valence-corrected chi connectivity index (χ4v) is 2.07. The second kappa shape index (κ2) is 4.19. The molecular weight excluding hydrogens is 206 g/mol. The van der Waals surface area contributed by atoms with Gasteiger partial charge in [0.1, 0.15) is 0 Å². The van der Waals surface area contributed by atoms with E-state index in [9.17, 15) is 0 Å². The molecule has 0 spiro atoms. The van der Waals surface area contributed by atoms with Crippen molar-refractivity contribution in [2.75, 3.05) is 0 Å². The Labute approximate surface area is 95.1 Å². The van der Waals surface area contributed by atoms with Gasteiger partial charge in [-0.25, -0.2) is 0 Å². The van der Waals surface area contributed by atoms with Gasteiger partial charge in [0, 0.05) is 16.6 Å². The van der Waals surface area contributed by atoms with E-state index in [-0.39, 0.29) is 0 Å². The highest BCUT2D eigenvalue weighted by Gasteiger charge is 2.05. The van der Waals surface area contributed by atoms with Gasteiger partial charge in [0.05, 0.1) is 5.52 Å². The Balaban J connectivity index is 2.60. The third-order valence-electron chi connectivity index (χ3n) is 2.38. The molecule has 0 bridgehead atoms. The van der Waals surface area contributed by atoms with Gasteiger partial charge in [-0.2, -0.15) is 0 Å². The van der Waals surface area contributed by atoms with Crippen molar-refractivity contribution in [1.29, 1.82) is 0 Å². The number of aromatic nitrogens is 1. The summed E-state index contributed by atoms with van der Waals surface area (Å²) >= 11 is 6.08. The minimum absolute atomic E-state index is 0.619. The first-order chi connectivity index (χ1) is 7.16. The van der Waals surface area contributed by atoms with Crippen molar-refractivity contribution in [2.45, 2.75) is 20.3 Å². The molecule has 0 radical (unpaired) electrons. The first-order valence-corrected chi connectivity index (χ1v) is 5.58. The molecule has 78 valence electrons. The third-order valence-corrected chi connectivity index (χ3v) is 2.59. The Kier molecular flexibility index (Phi) is 2.92. The highest BCUT2D eigenvalue weighted by atomic mass is 35.5. The lowest BCUT2D eigenvalue weighted by molar-refractivity contribution is 0.649. The number of hydrogen-bond donors (Lipinski definition) is 0. The Hall–Kier alpha value is -1.08. The molecule has 1 heterocycles. The van der Waals surface area contributed by atoms with Gasteiger partial charge in [-0.15, -0.1) is 0 Å². The fourth-order valence-electron chi connectivity index (χ4n) is 1.82. The molecule has 1 aromatic carbocycles. The van der Waals surface area contributed by atoms with Gasteiger partial charge in [-0.05, 0) is 36.1 Å². The molecule has 0 N–H and O–H groups in total. The normalized spacial score (nSPS) is 11.2. The minimum Gasteiger partial charge on any atom is -0.256 e. The summed E-state index contributed by atoms with van der Waals surface area (Å²) in [7, 11) is 0. The van der Waals surface area contributed by atoms with Crippen LogP contribution in [0.1, 0.15) is 19.4 Å². The van der Waals surface area contributed by atoms with E-state index in [2.05, 4.69) is 24.9 Å². The average Bonchev–Trinajstić information content (AvgIpc) is 2.16. The Bertz CT molecular complexity index is 477. The van der Waals surface area contributed by atoms with Crippen molar-refractivity contribution in [3.8, 4) is 0 Å². The number of rotatable bonds is 2. The molecule has 0 amide bonds. The molecule has 0 fully saturated rings. The zero-order valence-electron chi connectivity index (χ0n) is 9.00. The highest BCUT2D eigenvalue weighted by molar-refractivity contribution is 6.31. The summed E-state index contributed by atoms with van der Waals surface area (Å²) < 4.78 is 0. The van der Waals surface area contributed by atoms with E-state index >= 15 is 0 Å². The third kappa shape index (κ3) is 2.29. The summed E-state index contributed by atoms with van der Waals surface area (Å²) in [5.74, 6) is 0.619. The van der Waals surface area contributed by atoms with Gasteiger partial charge in [-0.3, -0.25) is 4.98 Å². The predicted molar refractivity (Wildman–Crippen MR) is 65.3 cm³/mol. The van der Waals surface area contributed by atoms with Crippen LogP contribution in [0.15, 0.2) is 30.5 Å². The molecule has 2 heteroatoms. The molecule has 2 aromatic rings. The maximum absolute atomic E-state index is 6.08. The molecule has 0 saturated carbocycles. The molecule has 15 heavy (non-hydrogen) atoms. The standard InChI is InChI=1S/C13H14ClN/c1-9(2)6-11-8-12(14)7-10-4-3-5-15-13(10)11/h3-5,7-9H,6H2,1-2H3. The largest absolute Gasteiger partial charge is 0.256 e. The zero-order valence-corrected chi connectivity index (χ0v) is 9.75. The van der Waals surface area contributed by atoms with Gasteiger partial charge in [0.25, 0.3) is 0 Å². The summed E-state index contributed by atoms with van der Waals surface area (Å²) in [6, 6.07) is 7.99. The maximum atomic E-state index is 6.08. The molecule has 1 nitrogen and oxygen atoms in total. The van der Waals surface area contributed by atoms with Crippen LogP contribution in [-0.2, 0) is 6.42 Å². The second-order valence-electron chi connectivity index (χ2n) is 4.24. The summed E-state index contributed by atoms with van der Waals surface area (Å²) in [6.45, 7) is 4.41. The van der Waals surface area contributed by atoms with Crippen LogP contribution in [0.4, 0.5) is 0 Å². The Morgan fingerprint density at radius 3 is 2.87 bits per heavy atom. The van der Waals surface area contributed by atoms with Crippen LogP contribution in [0.5, 0.6) is 0 Å². The van der Waals surface area contributed by atoms with E-state index in [0.29, 0.717) is 5.92 Å². The molecule has 0 aliphatic heterocycles. The van der Waals surface area contributed by atoms with Crippen LogP contribution >= 0.6 is 11.6 Å². The van der Waals surface area contributed by atoms with E-state index in [4.69, 9.17) is 11.6 Å². The number of fused-ring (bicyclic) bond motifs is 1. The van der Waals surface area contributed by atoms with E-state index < -0.39 is 0 Å². The van der Waals surface area contributed by atoms with Crippen molar-refractivity contribution >= 4 is 22.5 Å². The van der Waals surface area contributed by atoms with Crippen LogP contribution < -0.4 is 0 Å². The molecule has 1 aromatic heterocycles. The first kappa shape index (κ1) is 10.4. The maximum Gasteiger partial charge on any atom is 0.0735 e. The monoisotopic (exact) mass is 219 g/mol. The van der Waals surface area contributed by atoms with Gasteiger partial charge >= 0.3 is 0 Å². The zero-order chi connectivity index (χ0) is 10.8. The van der Waals surface area contributed by atoms with Crippen molar-refractivity contribution in [2.24, 2.45) is 5.92 Å². The minimum atomic E-state index is 0.619. The number of halogens is 1. The Morgan fingerprint density at radius 2 is 2.13 bits per heavy atom. The van der Waals surface area contributed by atoms with Crippen LogP contribution in [0.2, 0.25) is 5.02 Å². The lowest BCUT2D eigenvalue weighted by atomic mass is 10.0. The van der Waals surface area contributed by atoms with Gasteiger partial charge in [-0.1, -0.05) is 31.5 Å². The quantitative estimate of drug-likeness (QED) is 0.742. The summed E-state index contributed by atoms with van der Waals surface area (Å²) in [6.07, 6.45) is 2.86. The summed E-state index contributed by atoms with van der Waals surface area (Å²) in [5.41, 5.74) is 2.32. The van der Waals surface area contributed by atoms with Crippen LogP contribution in [0, 0.1) is 5.92 Å². The van der Waals surface area contributed by atoms with Crippen LogP contribution in [0.25, 0.3) is 10.9 Å². The second-order valence-corrected chi connectivity index (χ2v) is 4.67. The summed E-state index contributed by atoms with van der Waals surface area (Å²) in [4.78, 5) is 4.42. The number of pyridine rings is 1. The lowest BCUT2D eigenvalue weighted by Gasteiger charge is -2.08. The van der Waals surface area contributed by atoms with Crippen LogP contribution in [0.3, 0.4) is 0 Å². The number of benzene rings is 1. The van der Waals surface area contributed by atoms with Crippen molar-refractivity contribution in [3.05, 3.63) is 41.0 Å². The van der Waals surface area contributed by atoms with Gasteiger partial charge in [0.15, 0.2) is 0 Å². The SMILES string of the molecule is CC(C)Cc1cc(Cl)cc2cccnc12. The molecule has 0 aliphatic carbocycles. The fraction of sp³-hybridized carbons (Fsp3) is 0.308. The number of hydrogen-bond acceptors (Lipinski definition) is 1. The van der Waals surface area contributed by atoms with Crippen molar-refractivity contribution < 1.29 is 0 Å². The van der Waals surface area contributed by atoms with Gasteiger partial charge in [0.2, 0.25) is 0 Å². The first-order valence-electron chi connectivity index (χ1n) is 5.20. The predicted octanol–water partition coefficient (Wildman–Crippen LogP) is 4.09. The van der Waals surface area contributed by atoms with Crippen molar-refractivity contribution in [3.63, 3.8) is 0 Å². The topological polar surface area (TPSA) is 12.9 Å². The highest BCUT2D eigenvalue weighted by Crippen LogP contribution is 2.24. The van der Waals surface area contributed by atoms with E-state index in [1.807, 2.05) is 24.4 Å². The molecule has 0 atom stereocenters. The molecule has 0 unspecified atom stereocenters. The van der Waals surface area contributed by atoms with Crippen molar-refractivity contribution in [1.82, 2.24) is 4.98 Å². The summed E-state index contributed by atoms with van der Waals surface area (Å²) in [5, 5.41) is 1.92. The number of nitrogens with zero attached hydrogens (tertiary/aromatic N) is 1. The van der Waals surface area contributed by atoms with Crippen LogP contribution in [-0.4, -0.2) is 4.98 Å². The van der Waals surface area contributed by atoms with E-state index in [1.54, 1.807) is 0 Å². The Morgan fingerprint density at radius 1 is 1.33 bits per heavy atom. The molecule has 2 rings (SSSR count). The lowest BCUT2D eigenvalue weighted by Crippen LogP contribution is -1.96. The average molecular weight is 220 g/mol.